The molecule has 0 saturated carbocycles. The number of aliphatic hydroxyl groups excluding tert-OH is 1. The van der Waals surface area contributed by atoms with E-state index in [1.165, 1.54) is 0 Å². The highest BCUT2D eigenvalue weighted by atomic mass is 79.9. The summed E-state index contributed by atoms with van der Waals surface area (Å²) in [6.07, 6.45) is 0.952. The van der Waals surface area contributed by atoms with E-state index in [0.29, 0.717) is 19.7 Å². The average Bonchev–Trinajstić information content (AvgIpc) is 2.50. The number of nitrogens with one attached hydrogen (secondary N) is 2. The molecule has 0 saturated heterocycles. The summed E-state index contributed by atoms with van der Waals surface area (Å²) in [5, 5.41) is 15.2. The van der Waals surface area contributed by atoms with Gasteiger partial charge in [0.25, 0.3) is 0 Å². The van der Waals surface area contributed by atoms with Gasteiger partial charge in [-0.1, -0.05) is 22.9 Å². The molecule has 0 spiro atoms. The topological polar surface area (TPSA) is 62.8 Å². The third-order valence-electron chi connectivity index (χ3n) is 2.91. The van der Waals surface area contributed by atoms with E-state index in [9.17, 15) is 0 Å². The summed E-state index contributed by atoms with van der Waals surface area (Å²) < 4.78 is 12.2. The maximum absolute atomic E-state index is 8.69. The minimum Gasteiger partial charge on any atom is -0.493 e. The maximum atomic E-state index is 8.69. The minimum atomic E-state index is 0.163. The van der Waals surface area contributed by atoms with Crippen LogP contribution in [0.2, 0.25) is 0 Å². The highest BCUT2D eigenvalue weighted by Gasteiger charge is 2.14. The van der Waals surface area contributed by atoms with Gasteiger partial charge in [0.2, 0.25) is 0 Å². The Morgan fingerprint density at radius 1 is 1.19 bits per heavy atom. The first-order valence-electron chi connectivity index (χ1n) is 7.25. The molecule has 1 aromatic carbocycles. The van der Waals surface area contributed by atoms with E-state index in [0.717, 1.165) is 41.0 Å². The lowest BCUT2D eigenvalue weighted by Gasteiger charge is -2.17. The van der Waals surface area contributed by atoms with Crippen LogP contribution < -0.4 is 20.1 Å². The van der Waals surface area contributed by atoms with Crippen molar-refractivity contribution in [3.8, 4) is 11.5 Å². The Morgan fingerprint density at radius 3 is 2.62 bits per heavy atom. The van der Waals surface area contributed by atoms with Crippen LogP contribution in [-0.2, 0) is 6.54 Å². The van der Waals surface area contributed by atoms with Crippen LogP contribution in [0.3, 0.4) is 0 Å². The number of hydrogen-bond donors (Lipinski definition) is 3. The van der Waals surface area contributed by atoms with Crippen LogP contribution in [0.5, 0.6) is 11.5 Å². The Labute approximate surface area is 135 Å². The van der Waals surface area contributed by atoms with Gasteiger partial charge < -0.3 is 25.2 Å². The molecule has 21 heavy (non-hydrogen) atoms. The Hall–Kier alpha value is -0.820. The maximum Gasteiger partial charge on any atom is 0.166 e. The van der Waals surface area contributed by atoms with Crippen LogP contribution in [0.1, 0.15) is 18.9 Å². The highest BCUT2D eigenvalue weighted by molar-refractivity contribution is 9.10. The Balaban J connectivity index is 2.65. The molecular formula is C15H25BrN2O3. The number of benzene rings is 1. The quantitative estimate of drug-likeness (QED) is 0.526. The molecule has 6 heteroatoms. The average molecular weight is 361 g/mol. The van der Waals surface area contributed by atoms with E-state index in [4.69, 9.17) is 14.6 Å². The molecule has 1 aromatic rings. The van der Waals surface area contributed by atoms with Gasteiger partial charge in [0.1, 0.15) is 0 Å². The number of methoxy groups -OCH3 is 1. The molecule has 120 valence electrons. The lowest BCUT2D eigenvalue weighted by atomic mass is 10.2. The first kappa shape index (κ1) is 18.2. The SMILES string of the molecule is CCCOc1c(OC)ccc(Br)c1CNCCNCCO. The molecule has 0 bridgehead atoms. The summed E-state index contributed by atoms with van der Waals surface area (Å²) in [7, 11) is 1.65. The Morgan fingerprint density at radius 2 is 1.95 bits per heavy atom. The molecular weight excluding hydrogens is 336 g/mol. The lowest BCUT2D eigenvalue weighted by molar-refractivity contribution is 0.289. The van der Waals surface area contributed by atoms with Crippen molar-refractivity contribution in [1.29, 1.82) is 0 Å². The third kappa shape index (κ3) is 6.22. The monoisotopic (exact) mass is 360 g/mol. The van der Waals surface area contributed by atoms with Gasteiger partial charge in [-0.2, -0.15) is 0 Å². The normalized spacial score (nSPS) is 10.7. The molecule has 0 amide bonds. The van der Waals surface area contributed by atoms with Crippen molar-refractivity contribution in [3.63, 3.8) is 0 Å². The molecule has 0 unspecified atom stereocenters. The van der Waals surface area contributed by atoms with Crippen molar-refractivity contribution in [2.45, 2.75) is 19.9 Å². The van der Waals surface area contributed by atoms with Crippen molar-refractivity contribution in [2.24, 2.45) is 0 Å². The molecule has 1 rings (SSSR count). The molecule has 0 radical (unpaired) electrons. The lowest BCUT2D eigenvalue weighted by Crippen LogP contribution is -2.29. The fourth-order valence-electron chi connectivity index (χ4n) is 1.86. The zero-order valence-corrected chi connectivity index (χ0v) is 14.3. The second-order valence-corrected chi connectivity index (χ2v) is 5.41. The van der Waals surface area contributed by atoms with E-state index in [1.807, 2.05) is 12.1 Å². The smallest absolute Gasteiger partial charge is 0.166 e. The summed E-state index contributed by atoms with van der Waals surface area (Å²) in [6.45, 7) is 5.85. The van der Waals surface area contributed by atoms with Gasteiger partial charge in [0, 0.05) is 36.2 Å². The van der Waals surface area contributed by atoms with Gasteiger partial charge in [-0.15, -0.1) is 0 Å². The van der Waals surface area contributed by atoms with Crippen molar-refractivity contribution >= 4 is 15.9 Å². The van der Waals surface area contributed by atoms with E-state index >= 15 is 0 Å². The molecule has 0 aromatic heterocycles. The molecule has 3 N–H and O–H groups in total. The molecule has 0 atom stereocenters. The van der Waals surface area contributed by atoms with Gasteiger partial charge in [0.05, 0.1) is 20.3 Å². The van der Waals surface area contributed by atoms with Gasteiger partial charge in [0.15, 0.2) is 11.5 Å². The first-order valence-corrected chi connectivity index (χ1v) is 8.04. The van der Waals surface area contributed by atoms with E-state index in [2.05, 4.69) is 33.5 Å². The van der Waals surface area contributed by atoms with E-state index in [1.54, 1.807) is 7.11 Å². The summed E-state index contributed by atoms with van der Waals surface area (Å²) in [5.74, 6) is 1.55. The van der Waals surface area contributed by atoms with Crippen LogP contribution in [0.4, 0.5) is 0 Å². The predicted molar refractivity (Wildman–Crippen MR) is 88.1 cm³/mol. The van der Waals surface area contributed by atoms with Crippen molar-refractivity contribution in [2.75, 3.05) is 40.0 Å². The first-order chi connectivity index (χ1) is 10.2. The van der Waals surface area contributed by atoms with Crippen molar-refractivity contribution in [3.05, 3.63) is 22.2 Å². The van der Waals surface area contributed by atoms with Crippen LogP contribution in [-0.4, -0.2) is 45.1 Å². The molecule has 0 aliphatic rings. The van der Waals surface area contributed by atoms with Crippen LogP contribution in [0.25, 0.3) is 0 Å². The van der Waals surface area contributed by atoms with Gasteiger partial charge >= 0.3 is 0 Å². The summed E-state index contributed by atoms with van der Waals surface area (Å²) in [6, 6.07) is 3.88. The second-order valence-electron chi connectivity index (χ2n) is 4.56. The zero-order chi connectivity index (χ0) is 15.5. The largest absolute Gasteiger partial charge is 0.493 e. The van der Waals surface area contributed by atoms with Crippen molar-refractivity contribution in [1.82, 2.24) is 10.6 Å². The number of aliphatic hydroxyl groups is 1. The van der Waals surface area contributed by atoms with Gasteiger partial charge in [-0.05, 0) is 18.6 Å². The van der Waals surface area contributed by atoms with Gasteiger partial charge in [-0.25, -0.2) is 0 Å². The number of hydrogen-bond acceptors (Lipinski definition) is 5. The molecule has 0 heterocycles. The van der Waals surface area contributed by atoms with Gasteiger partial charge in [-0.3, -0.25) is 0 Å². The molecule has 0 aliphatic heterocycles. The number of rotatable bonds is 11. The second kappa shape index (κ2) is 10.8. The minimum absolute atomic E-state index is 0.163. The Bertz CT molecular complexity index is 416. The zero-order valence-electron chi connectivity index (χ0n) is 12.7. The summed E-state index contributed by atoms with van der Waals surface area (Å²) in [4.78, 5) is 0. The van der Waals surface area contributed by atoms with Crippen molar-refractivity contribution < 1.29 is 14.6 Å². The molecule has 0 aliphatic carbocycles. The number of halogens is 1. The van der Waals surface area contributed by atoms with Crippen LogP contribution in [0.15, 0.2) is 16.6 Å². The fourth-order valence-corrected chi connectivity index (χ4v) is 2.32. The number of ether oxygens (including phenoxy) is 2. The van der Waals surface area contributed by atoms with E-state index in [-0.39, 0.29) is 6.61 Å². The summed E-state index contributed by atoms with van der Waals surface area (Å²) >= 11 is 3.57. The third-order valence-corrected chi connectivity index (χ3v) is 3.65. The highest BCUT2D eigenvalue weighted by Crippen LogP contribution is 2.36. The Kier molecular flexibility index (Phi) is 9.41. The molecule has 0 fully saturated rings. The fraction of sp³-hybridized carbons (Fsp3) is 0.600. The predicted octanol–water partition coefficient (Wildman–Crippen LogP) is 1.92. The van der Waals surface area contributed by atoms with Crippen LogP contribution >= 0.6 is 15.9 Å². The van der Waals surface area contributed by atoms with E-state index < -0.39 is 0 Å². The van der Waals surface area contributed by atoms with Crippen LogP contribution in [0, 0.1) is 0 Å². The molecule has 5 nitrogen and oxygen atoms in total. The summed E-state index contributed by atoms with van der Waals surface area (Å²) in [5.41, 5.74) is 1.06. The standard InChI is InChI=1S/C15H25BrN2O3/c1-3-10-21-15-12(11-18-7-6-17-8-9-19)13(16)4-5-14(15)20-2/h4-5,17-19H,3,6-11H2,1-2H3.